The number of amides is 2. The lowest BCUT2D eigenvalue weighted by atomic mass is 9.79. The first-order valence-electron chi connectivity index (χ1n) is 12.8. The Bertz CT molecular complexity index is 1360. The molecule has 0 spiro atoms. The number of carboxylic acid groups (broad SMARTS) is 1. The number of rotatable bonds is 8. The zero-order chi connectivity index (χ0) is 27.4. The van der Waals surface area contributed by atoms with E-state index >= 15 is 0 Å². The lowest BCUT2D eigenvalue weighted by Crippen LogP contribution is -2.54. The summed E-state index contributed by atoms with van der Waals surface area (Å²) in [5.74, 6) is -1.92. The molecule has 0 aliphatic carbocycles. The van der Waals surface area contributed by atoms with E-state index in [0.717, 1.165) is 16.3 Å². The molecule has 8 nitrogen and oxygen atoms in total. The number of nitrogens with one attached hydrogen (secondary N) is 2. The lowest BCUT2D eigenvalue weighted by molar-refractivity contribution is -0.139. The van der Waals surface area contributed by atoms with Crippen LogP contribution in [0.15, 0.2) is 66.7 Å². The van der Waals surface area contributed by atoms with Gasteiger partial charge in [-0.05, 0) is 61.1 Å². The molecule has 4 rings (SSSR count). The molecule has 0 bridgehead atoms. The molecule has 1 atom stereocenters. The fraction of sp³-hybridized carbons (Fsp3) is 0.333. The van der Waals surface area contributed by atoms with Crippen LogP contribution in [0.25, 0.3) is 10.8 Å². The highest BCUT2D eigenvalue weighted by Crippen LogP contribution is 2.34. The Morgan fingerprint density at radius 1 is 1.00 bits per heavy atom. The Balaban J connectivity index is 1.63. The molecule has 1 fully saturated rings. The topological polar surface area (TPSA) is 137 Å². The second-order valence-corrected chi connectivity index (χ2v) is 10.6. The molecule has 1 heterocycles. The van der Waals surface area contributed by atoms with Crippen molar-refractivity contribution in [2.75, 3.05) is 13.1 Å². The second kappa shape index (κ2) is 11.0. The molecular weight excluding hydrogens is 480 g/mol. The highest BCUT2D eigenvalue weighted by Gasteiger charge is 2.41. The van der Waals surface area contributed by atoms with Gasteiger partial charge in [-0.15, -0.1) is 0 Å². The van der Waals surface area contributed by atoms with E-state index in [2.05, 4.69) is 5.32 Å². The summed E-state index contributed by atoms with van der Waals surface area (Å²) in [6.07, 6.45) is 1.38. The minimum atomic E-state index is -0.951. The van der Waals surface area contributed by atoms with Gasteiger partial charge in [-0.25, -0.2) is 0 Å². The molecular formula is C30H34N4O4. The third-order valence-corrected chi connectivity index (χ3v) is 7.36. The summed E-state index contributed by atoms with van der Waals surface area (Å²) < 4.78 is 0. The molecule has 5 N–H and O–H groups in total. The summed E-state index contributed by atoms with van der Waals surface area (Å²) in [5, 5.41) is 21.9. The summed E-state index contributed by atoms with van der Waals surface area (Å²) in [5.41, 5.74) is 6.32. The predicted octanol–water partition coefficient (Wildman–Crippen LogP) is 4.13. The molecule has 0 aromatic heterocycles. The van der Waals surface area contributed by atoms with Crippen molar-refractivity contribution in [1.82, 2.24) is 10.2 Å². The van der Waals surface area contributed by atoms with Crippen LogP contribution in [0.3, 0.4) is 0 Å². The number of amidine groups is 1. The molecule has 1 aliphatic rings. The van der Waals surface area contributed by atoms with Gasteiger partial charge in [-0.2, -0.15) is 0 Å². The molecule has 2 amide bonds. The number of hydrogen-bond donors (Lipinski definition) is 4. The molecule has 0 saturated carbocycles. The smallest absolute Gasteiger partial charge is 0.303 e. The van der Waals surface area contributed by atoms with Crippen molar-refractivity contribution in [3.05, 3.63) is 83.4 Å². The van der Waals surface area contributed by atoms with Crippen molar-refractivity contribution in [3.63, 3.8) is 0 Å². The van der Waals surface area contributed by atoms with Crippen LogP contribution < -0.4 is 11.1 Å². The number of nitrogen functional groups attached to an aromatic ring is 1. The number of benzene rings is 3. The lowest BCUT2D eigenvalue weighted by Gasteiger charge is -2.40. The van der Waals surface area contributed by atoms with Gasteiger partial charge in [0.1, 0.15) is 5.84 Å². The van der Waals surface area contributed by atoms with Crippen molar-refractivity contribution in [2.45, 2.75) is 44.6 Å². The summed E-state index contributed by atoms with van der Waals surface area (Å²) in [7, 11) is 0. The Kier molecular flexibility index (Phi) is 7.80. The number of fused-ring (bicyclic) bond motifs is 1. The first-order valence-corrected chi connectivity index (χ1v) is 12.8. The van der Waals surface area contributed by atoms with Gasteiger partial charge >= 0.3 is 5.97 Å². The van der Waals surface area contributed by atoms with Gasteiger partial charge in [0.15, 0.2) is 0 Å². The number of carbonyl (C=O) groups is 3. The van der Waals surface area contributed by atoms with Crippen LogP contribution in [0.5, 0.6) is 0 Å². The fourth-order valence-electron chi connectivity index (χ4n) is 5.28. The molecule has 38 heavy (non-hydrogen) atoms. The number of aliphatic carboxylic acids is 1. The summed E-state index contributed by atoms with van der Waals surface area (Å²) in [4.78, 5) is 40.3. The predicted molar refractivity (Wildman–Crippen MR) is 147 cm³/mol. The van der Waals surface area contributed by atoms with E-state index in [0.29, 0.717) is 37.1 Å². The summed E-state index contributed by atoms with van der Waals surface area (Å²) in [6.45, 7) is 4.67. The minimum absolute atomic E-state index is 0.0568. The van der Waals surface area contributed by atoms with E-state index < -0.39 is 17.4 Å². The number of hydrogen-bond acceptors (Lipinski definition) is 4. The minimum Gasteiger partial charge on any atom is -0.481 e. The van der Waals surface area contributed by atoms with Crippen LogP contribution in [0.1, 0.15) is 60.5 Å². The third kappa shape index (κ3) is 6.02. The number of carbonyl (C=O) groups excluding carboxylic acids is 2. The third-order valence-electron chi connectivity index (χ3n) is 7.36. The number of nitrogens with zero attached hydrogens (tertiary/aromatic N) is 1. The van der Waals surface area contributed by atoms with E-state index in [-0.39, 0.29) is 30.0 Å². The maximum Gasteiger partial charge on any atom is 0.303 e. The quantitative estimate of drug-likeness (QED) is 0.265. The monoisotopic (exact) mass is 514 g/mol. The van der Waals surface area contributed by atoms with Crippen molar-refractivity contribution in [1.29, 1.82) is 5.41 Å². The maximum atomic E-state index is 14.1. The number of carboxylic acids is 1. The maximum absolute atomic E-state index is 14.1. The number of likely N-dealkylation sites (tertiary alicyclic amines) is 1. The van der Waals surface area contributed by atoms with E-state index in [4.69, 9.17) is 16.2 Å². The van der Waals surface area contributed by atoms with Crippen LogP contribution >= 0.6 is 0 Å². The normalized spacial score (nSPS) is 15.2. The Labute approximate surface area is 222 Å². The van der Waals surface area contributed by atoms with E-state index in [1.165, 1.54) is 0 Å². The standard InChI is InChI=1S/C30H34N4O4/c1-30(2,33-28(37)22-10-8-21(9-11-22)27(31)32)26(24-12-7-20-5-3-4-6-23(20)18-24)29(38)34-15-13-19(14-16-34)17-25(35)36/h3-12,18-19,26H,13-17H2,1-2H3,(H3,31,32)(H,33,37)(H,35,36). The van der Waals surface area contributed by atoms with Gasteiger partial charge in [0, 0.05) is 30.6 Å². The molecule has 1 saturated heterocycles. The van der Waals surface area contributed by atoms with Gasteiger partial charge < -0.3 is 21.1 Å². The van der Waals surface area contributed by atoms with Crippen molar-refractivity contribution in [2.24, 2.45) is 11.7 Å². The van der Waals surface area contributed by atoms with Crippen molar-refractivity contribution >= 4 is 34.4 Å². The second-order valence-electron chi connectivity index (χ2n) is 10.6. The average molecular weight is 515 g/mol. The van der Waals surface area contributed by atoms with Crippen molar-refractivity contribution in [3.8, 4) is 0 Å². The molecule has 198 valence electrons. The van der Waals surface area contributed by atoms with Gasteiger partial charge in [-0.1, -0.05) is 54.6 Å². The Morgan fingerprint density at radius 3 is 2.21 bits per heavy atom. The molecule has 3 aromatic carbocycles. The zero-order valence-corrected chi connectivity index (χ0v) is 21.7. The van der Waals surface area contributed by atoms with Crippen LogP contribution in [-0.2, 0) is 9.59 Å². The SMILES string of the molecule is CC(C)(NC(=O)c1ccc(C(=N)N)cc1)C(C(=O)N1CCC(CC(=O)O)CC1)c1ccc2ccccc2c1. The molecule has 0 radical (unpaired) electrons. The average Bonchev–Trinajstić information content (AvgIpc) is 2.88. The van der Waals surface area contributed by atoms with Gasteiger partial charge in [0.25, 0.3) is 5.91 Å². The Morgan fingerprint density at radius 2 is 1.61 bits per heavy atom. The van der Waals surface area contributed by atoms with Crippen LogP contribution in [-0.4, -0.2) is 52.3 Å². The zero-order valence-electron chi connectivity index (χ0n) is 21.7. The molecule has 8 heteroatoms. The largest absolute Gasteiger partial charge is 0.481 e. The van der Waals surface area contributed by atoms with Crippen LogP contribution in [0.4, 0.5) is 0 Å². The van der Waals surface area contributed by atoms with E-state index in [1.807, 2.05) is 56.3 Å². The molecule has 1 unspecified atom stereocenters. The van der Waals surface area contributed by atoms with Crippen LogP contribution in [0.2, 0.25) is 0 Å². The molecule has 1 aliphatic heterocycles. The number of piperidine rings is 1. The molecule has 3 aromatic rings. The highest BCUT2D eigenvalue weighted by molar-refractivity contribution is 5.99. The van der Waals surface area contributed by atoms with Crippen molar-refractivity contribution < 1.29 is 19.5 Å². The van der Waals surface area contributed by atoms with Gasteiger partial charge in [0.05, 0.1) is 11.5 Å². The fourth-order valence-corrected chi connectivity index (χ4v) is 5.28. The van der Waals surface area contributed by atoms with Gasteiger partial charge in [-0.3, -0.25) is 19.8 Å². The summed E-state index contributed by atoms with van der Waals surface area (Å²) >= 11 is 0. The van der Waals surface area contributed by atoms with Crippen LogP contribution in [0, 0.1) is 11.3 Å². The first kappa shape index (κ1) is 26.9. The summed E-state index contributed by atoms with van der Waals surface area (Å²) in [6, 6.07) is 20.3. The van der Waals surface area contributed by atoms with Gasteiger partial charge in [0.2, 0.25) is 5.91 Å². The van der Waals surface area contributed by atoms with E-state index in [9.17, 15) is 14.4 Å². The first-order chi connectivity index (χ1) is 18.0. The van der Waals surface area contributed by atoms with E-state index in [1.54, 1.807) is 29.2 Å². The number of nitrogens with two attached hydrogens (primary N) is 1. The Hall–Kier alpha value is -4.20. The highest BCUT2D eigenvalue weighted by atomic mass is 16.4.